The number of amides is 3. The lowest BCUT2D eigenvalue weighted by Gasteiger charge is -2.23. The van der Waals surface area contributed by atoms with Gasteiger partial charge < -0.3 is 10.0 Å². The number of aliphatic hydroxyl groups excluding tert-OH is 1. The molecule has 0 spiro atoms. The molecule has 0 aliphatic heterocycles. The van der Waals surface area contributed by atoms with Crippen LogP contribution in [0.4, 0.5) is 4.79 Å². The van der Waals surface area contributed by atoms with Crippen molar-refractivity contribution in [2.24, 2.45) is 0 Å². The summed E-state index contributed by atoms with van der Waals surface area (Å²) in [5, 5.41) is 11.9. The van der Waals surface area contributed by atoms with Gasteiger partial charge in [0.1, 0.15) is 5.82 Å². The van der Waals surface area contributed by atoms with Crippen LogP contribution in [0, 0.1) is 0 Å². The van der Waals surface area contributed by atoms with Crippen LogP contribution < -0.4 is 5.32 Å². The molecule has 0 aliphatic rings. The Hall–Kier alpha value is -2.05. The molecule has 2 N–H and O–H groups in total. The summed E-state index contributed by atoms with van der Waals surface area (Å²) in [6.07, 6.45) is 1.09. The summed E-state index contributed by atoms with van der Waals surface area (Å²) >= 11 is 5.81. The molecule has 7 heteroatoms. The van der Waals surface area contributed by atoms with Crippen LogP contribution in [-0.4, -0.2) is 47.5 Å². The Morgan fingerprint density at radius 1 is 1.41 bits per heavy atom. The molecule has 1 rings (SSSR count). The van der Waals surface area contributed by atoms with Gasteiger partial charge in [-0.05, 0) is 24.1 Å². The molecule has 0 unspecified atom stereocenters. The van der Waals surface area contributed by atoms with E-state index >= 15 is 0 Å². The zero-order chi connectivity index (χ0) is 16.5. The third kappa shape index (κ3) is 5.75. The summed E-state index contributed by atoms with van der Waals surface area (Å²) in [7, 11) is 1.60. The molecular weight excluding hydrogens is 306 g/mol. The zero-order valence-corrected chi connectivity index (χ0v) is 13.2. The van der Waals surface area contributed by atoms with Gasteiger partial charge in [-0.3, -0.25) is 15.0 Å². The van der Waals surface area contributed by atoms with Gasteiger partial charge in [0.25, 0.3) is 0 Å². The Kier molecular flexibility index (Phi) is 7.42. The maximum absolute atomic E-state index is 11.9. The fourth-order valence-electron chi connectivity index (χ4n) is 1.68. The van der Waals surface area contributed by atoms with Crippen molar-refractivity contribution in [2.45, 2.75) is 13.0 Å². The highest BCUT2D eigenvalue weighted by atomic mass is 35.5. The van der Waals surface area contributed by atoms with E-state index in [1.54, 1.807) is 31.3 Å². The highest BCUT2D eigenvalue weighted by Gasteiger charge is 2.13. The molecule has 1 aromatic carbocycles. The molecule has 0 saturated carbocycles. The lowest BCUT2D eigenvalue weighted by atomic mass is 10.2. The minimum Gasteiger partial charge on any atom is -0.396 e. The first kappa shape index (κ1) is 18.0. The van der Waals surface area contributed by atoms with Crippen LogP contribution in [0.5, 0.6) is 0 Å². The van der Waals surface area contributed by atoms with Crippen LogP contribution in [0.25, 0.3) is 0 Å². The third-order valence-corrected chi connectivity index (χ3v) is 3.24. The molecule has 6 nitrogen and oxygen atoms in total. The van der Waals surface area contributed by atoms with E-state index in [2.05, 4.69) is 11.9 Å². The van der Waals surface area contributed by atoms with Crippen molar-refractivity contribution in [3.05, 3.63) is 47.3 Å². The van der Waals surface area contributed by atoms with Crippen LogP contribution in [0.1, 0.15) is 12.0 Å². The molecule has 0 aliphatic carbocycles. The van der Waals surface area contributed by atoms with Crippen molar-refractivity contribution >= 4 is 24.0 Å². The standard InChI is InChI=1S/C15H20ClN3O3/c1-12(17-15(22)18(2)8-3-9-20)19(11-21)10-13-4-6-14(16)7-5-13/h4-7,11,20H,1,3,8-10H2,2H3,(H,17,22). The van der Waals surface area contributed by atoms with E-state index in [1.165, 1.54) is 9.80 Å². The van der Waals surface area contributed by atoms with Gasteiger partial charge >= 0.3 is 6.03 Å². The van der Waals surface area contributed by atoms with E-state index in [-0.39, 0.29) is 25.0 Å². The fraction of sp³-hybridized carbons (Fsp3) is 0.333. The molecule has 0 heterocycles. The predicted octanol–water partition coefficient (Wildman–Crippen LogP) is 1.79. The minimum atomic E-state index is -0.388. The van der Waals surface area contributed by atoms with Gasteiger partial charge in [0, 0.05) is 25.2 Å². The van der Waals surface area contributed by atoms with Gasteiger partial charge in [0.2, 0.25) is 6.41 Å². The molecule has 22 heavy (non-hydrogen) atoms. The van der Waals surface area contributed by atoms with Crippen LogP contribution in [0.15, 0.2) is 36.7 Å². The van der Waals surface area contributed by atoms with Gasteiger partial charge in [-0.25, -0.2) is 4.79 Å². The van der Waals surface area contributed by atoms with Gasteiger partial charge in [0.15, 0.2) is 0 Å². The first-order chi connectivity index (χ1) is 10.5. The molecule has 0 saturated heterocycles. The van der Waals surface area contributed by atoms with E-state index in [4.69, 9.17) is 16.7 Å². The summed E-state index contributed by atoms with van der Waals surface area (Å²) in [4.78, 5) is 25.8. The van der Waals surface area contributed by atoms with E-state index in [9.17, 15) is 9.59 Å². The maximum atomic E-state index is 11.9. The molecule has 3 amide bonds. The van der Waals surface area contributed by atoms with Crippen molar-refractivity contribution in [1.82, 2.24) is 15.1 Å². The third-order valence-electron chi connectivity index (χ3n) is 2.99. The molecule has 1 aromatic rings. The normalized spacial score (nSPS) is 9.95. The first-order valence-corrected chi connectivity index (χ1v) is 7.14. The second-order valence-corrected chi connectivity index (χ2v) is 5.17. The second-order valence-electron chi connectivity index (χ2n) is 4.74. The quantitative estimate of drug-likeness (QED) is 0.716. The largest absolute Gasteiger partial charge is 0.396 e. The number of rotatable bonds is 8. The highest BCUT2D eigenvalue weighted by Crippen LogP contribution is 2.12. The highest BCUT2D eigenvalue weighted by molar-refractivity contribution is 6.30. The van der Waals surface area contributed by atoms with E-state index in [0.29, 0.717) is 24.4 Å². The summed E-state index contributed by atoms with van der Waals surface area (Å²) in [5.41, 5.74) is 0.862. The van der Waals surface area contributed by atoms with Gasteiger partial charge in [-0.2, -0.15) is 0 Å². The Morgan fingerprint density at radius 2 is 2.05 bits per heavy atom. The topological polar surface area (TPSA) is 72.9 Å². The number of carbonyl (C=O) groups is 2. The van der Waals surface area contributed by atoms with Crippen molar-refractivity contribution in [3.63, 3.8) is 0 Å². The first-order valence-electron chi connectivity index (χ1n) is 6.76. The SMILES string of the molecule is C=C(NC(=O)N(C)CCCO)N(C=O)Cc1ccc(Cl)cc1. The van der Waals surface area contributed by atoms with E-state index in [1.807, 2.05) is 0 Å². The lowest BCUT2D eigenvalue weighted by molar-refractivity contribution is -0.117. The number of carbonyl (C=O) groups excluding carboxylic acids is 2. The van der Waals surface area contributed by atoms with Crippen LogP contribution in [0.2, 0.25) is 5.02 Å². The Bertz CT molecular complexity index is 519. The smallest absolute Gasteiger partial charge is 0.322 e. The molecule has 120 valence electrons. The predicted molar refractivity (Wildman–Crippen MR) is 85.1 cm³/mol. The Balaban J connectivity index is 2.58. The summed E-state index contributed by atoms with van der Waals surface area (Å²) in [5.74, 6) is 0.186. The van der Waals surface area contributed by atoms with Crippen molar-refractivity contribution in [2.75, 3.05) is 20.2 Å². The number of hydrogen-bond acceptors (Lipinski definition) is 3. The summed E-state index contributed by atoms with van der Waals surface area (Å²) < 4.78 is 0. The van der Waals surface area contributed by atoms with Crippen molar-refractivity contribution in [3.8, 4) is 0 Å². The van der Waals surface area contributed by atoms with Crippen molar-refractivity contribution < 1.29 is 14.7 Å². The molecule has 0 aromatic heterocycles. The molecule has 0 bridgehead atoms. The lowest BCUT2D eigenvalue weighted by Crippen LogP contribution is -2.41. The number of nitrogens with one attached hydrogen (secondary N) is 1. The minimum absolute atomic E-state index is 0.00952. The molecular formula is C15H20ClN3O3. The number of nitrogens with zero attached hydrogens (tertiary/aromatic N) is 2. The zero-order valence-electron chi connectivity index (χ0n) is 12.5. The van der Waals surface area contributed by atoms with E-state index in [0.717, 1.165) is 5.56 Å². The number of halogens is 1. The maximum Gasteiger partial charge on any atom is 0.322 e. The van der Waals surface area contributed by atoms with Crippen LogP contribution >= 0.6 is 11.6 Å². The average molecular weight is 326 g/mol. The van der Waals surface area contributed by atoms with Gasteiger partial charge in [-0.1, -0.05) is 30.3 Å². The molecule has 0 radical (unpaired) electrons. The second kappa shape index (κ2) is 9.07. The molecule has 0 atom stereocenters. The number of urea groups is 1. The Morgan fingerprint density at radius 3 is 2.59 bits per heavy atom. The van der Waals surface area contributed by atoms with Crippen LogP contribution in [0.3, 0.4) is 0 Å². The number of benzene rings is 1. The van der Waals surface area contributed by atoms with Crippen LogP contribution in [-0.2, 0) is 11.3 Å². The number of aliphatic hydroxyl groups is 1. The summed E-state index contributed by atoms with van der Waals surface area (Å²) in [6.45, 7) is 4.40. The molecule has 0 fully saturated rings. The van der Waals surface area contributed by atoms with Crippen molar-refractivity contribution in [1.29, 1.82) is 0 Å². The Labute approximate surface area is 135 Å². The monoisotopic (exact) mass is 325 g/mol. The number of hydrogen-bond donors (Lipinski definition) is 2. The van der Waals surface area contributed by atoms with E-state index < -0.39 is 0 Å². The average Bonchev–Trinajstić information content (AvgIpc) is 2.51. The fourth-order valence-corrected chi connectivity index (χ4v) is 1.81. The van der Waals surface area contributed by atoms with Gasteiger partial charge in [0.05, 0.1) is 6.54 Å². The van der Waals surface area contributed by atoms with Gasteiger partial charge in [-0.15, -0.1) is 0 Å². The summed E-state index contributed by atoms with van der Waals surface area (Å²) in [6, 6.07) is 6.65.